The van der Waals surface area contributed by atoms with Crippen LogP contribution in [0.5, 0.6) is 5.75 Å². The molecule has 2 N–H and O–H groups in total. The molecule has 0 saturated carbocycles. The maximum Gasteiger partial charge on any atom is 0.119 e. The van der Waals surface area contributed by atoms with E-state index < -0.39 is 0 Å². The van der Waals surface area contributed by atoms with Crippen molar-refractivity contribution in [2.24, 2.45) is 5.73 Å². The lowest BCUT2D eigenvalue weighted by Gasteiger charge is -2.38. The van der Waals surface area contributed by atoms with Crippen LogP contribution in [0.3, 0.4) is 0 Å². The Morgan fingerprint density at radius 1 is 1.04 bits per heavy atom. The van der Waals surface area contributed by atoms with Crippen LogP contribution in [0.2, 0.25) is 0 Å². The largest absolute Gasteiger partial charge is 0.497 e. The normalized spacial score (nSPS) is 21.2. The maximum absolute atomic E-state index is 6.39. The van der Waals surface area contributed by atoms with Crippen LogP contribution in [0.15, 0.2) is 48.5 Å². The highest BCUT2D eigenvalue weighted by atomic mass is 16.5. The Bertz CT molecular complexity index is 703. The Morgan fingerprint density at radius 2 is 1.76 bits per heavy atom. The molecule has 2 aromatic carbocycles. The Labute approximate surface area is 151 Å². The van der Waals surface area contributed by atoms with Gasteiger partial charge in [-0.15, -0.1) is 0 Å². The molecule has 0 bridgehead atoms. The summed E-state index contributed by atoms with van der Waals surface area (Å²) >= 11 is 0. The quantitative estimate of drug-likeness (QED) is 0.906. The van der Waals surface area contributed by atoms with Crippen LogP contribution in [0.1, 0.15) is 44.2 Å². The first-order chi connectivity index (χ1) is 11.9. The molecule has 1 aliphatic rings. The van der Waals surface area contributed by atoms with Crippen LogP contribution < -0.4 is 15.4 Å². The minimum absolute atomic E-state index is 0.181. The fourth-order valence-corrected chi connectivity index (χ4v) is 3.66. The predicted octanol–water partition coefficient (Wildman–Crippen LogP) is 4.31. The highest BCUT2D eigenvalue weighted by Gasteiger charge is 2.27. The van der Waals surface area contributed by atoms with E-state index in [0.29, 0.717) is 5.92 Å². The maximum atomic E-state index is 6.39. The summed E-state index contributed by atoms with van der Waals surface area (Å²) in [7, 11) is 1.72. The number of hydrogen-bond donors (Lipinski definition) is 1. The molecule has 0 aliphatic carbocycles. The van der Waals surface area contributed by atoms with E-state index in [9.17, 15) is 0 Å². The van der Waals surface area contributed by atoms with Gasteiger partial charge in [0.25, 0.3) is 0 Å². The van der Waals surface area contributed by atoms with Gasteiger partial charge in [0, 0.05) is 30.7 Å². The molecular formula is C22H30N2O. The molecule has 2 unspecified atom stereocenters. The molecule has 0 spiro atoms. The van der Waals surface area contributed by atoms with Gasteiger partial charge in [-0.2, -0.15) is 0 Å². The minimum atomic E-state index is 0.181. The summed E-state index contributed by atoms with van der Waals surface area (Å²) in [4.78, 5) is 2.42. The standard InChI is InChI=1S/C22H30N2O/c1-22(2,3)18-8-10-20(11-9-18)24-14-17(12-19(23)15-24)16-6-5-7-21(13-16)25-4/h5-11,13,17,19H,12,14-15,23H2,1-4H3. The molecule has 1 saturated heterocycles. The van der Waals surface area contributed by atoms with E-state index >= 15 is 0 Å². The lowest BCUT2D eigenvalue weighted by Crippen LogP contribution is -2.46. The first-order valence-corrected chi connectivity index (χ1v) is 9.12. The SMILES string of the molecule is COc1cccc(C2CC(N)CN(c3ccc(C(C)(C)C)cc3)C2)c1. The first kappa shape index (κ1) is 17.8. The number of anilines is 1. The molecule has 2 aromatic rings. The van der Waals surface area contributed by atoms with Gasteiger partial charge in [-0.25, -0.2) is 0 Å². The second-order valence-electron chi connectivity index (χ2n) is 8.17. The number of ether oxygens (including phenoxy) is 1. The number of nitrogens with zero attached hydrogens (tertiary/aromatic N) is 1. The average molecular weight is 338 g/mol. The zero-order valence-corrected chi connectivity index (χ0v) is 15.8. The number of nitrogens with two attached hydrogens (primary N) is 1. The third-order valence-electron chi connectivity index (χ3n) is 5.15. The van der Waals surface area contributed by atoms with Crippen molar-refractivity contribution in [2.75, 3.05) is 25.1 Å². The molecule has 1 fully saturated rings. The van der Waals surface area contributed by atoms with Crippen LogP contribution in [-0.4, -0.2) is 26.2 Å². The molecule has 134 valence electrons. The third-order valence-corrected chi connectivity index (χ3v) is 5.15. The van der Waals surface area contributed by atoms with Crippen molar-refractivity contribution in [1.82, 2.24) is 0 Å². The Hall–Kier alpha value is -2.00. The van der Waals surface area contributed by atoms with Crippen molar-refractivity contribution >= 4 is 5.69 Å². The molecular weight excluding hydrogens is 308 g/mol. The number of hydrogen-bond acceptors (Lipinski definition) is 3. The fourth-order valence-electron chi connectivity index (χ4n) is 3.66. The summed E-state index contributed by atoms with van der Waals surface area (Å²) in [6, 6.07) is 17.5. The van der Waals surface area contributed by atoms with Crippen molar-refractivity contribution in [1.29, 1.82) is 0 Å². The van der Waals surface area contributed by atoms with Crippen molar-refractivity contribution in [3.63, 3.8) is 0 Å². The van der Waals surface area contributed by atoms with Crippen molar-refractivity contribution in [3.8, 4) is 5.75 Å². The van der Waals surface area contributed by atoms with Crippen LogP contribution in [0.25, 0.3) is 0 Å². The average Bonchev–Trinajstić information content (AvgIpc) is 2.60. The smallest absolute Gasteiger partial charge is 0.119 e. The predicted molar refractivity (Wildman–Crippen MR) is 106 cm³/mol. The second-order valence-corrected chi connectivity index (χ2v) is 8.17. The van der Waals surface area contributed by atoms with E-state index in [4.69, 9.17) is 10.5 Å². The first-order valence-electron chi connectivity index (χ1n) is 9.12. The van der Waals surface area contributed by atoms with E-state index in [2.05, 4.69) is 68.1 Å². The summed E-state index contributed by atoms with van der Waals surface area (Å²) < 4.78 is 5.38. The topological polar surface area (TPSA) is 38.5 Å². The second kappa shape index (κ2) is 7.09. The minimum Gasteiger partial charge on any atom is -0.497 e. The van der Waals surface area contributed by atoms with Crippen molar-refractivity contribution in [3.05, 3.63) is 59.7 Å². The highest BCUT2D eigenvalue weighted by Crippen LogP contribution is 2.32. The summed E-state index contributed by atoms with van der Waals surface area (Å²) in [6.07, 6.45) is 1.02. The number of rotatable bonds is 3. The molecule has 2 atom stereocenters. The van der Waals surface area contributed by atoms with E-state index in [1.165, 1.54) is 16.8 Å². The van der Waals surface area contributed by atoms with E-state index in [1.54, 1.807) is 7.11 Å². The fraction of sp³-hybridized carbons (Fsp3) is 0.455. The van der Waals surface area contributed by atoms with Gasteiger partial charge < -0.3 is 15.4 Å². The van der Waals surface area contributed by atoms with E-state index in [1.807, 2.05) is 6.07 Å². The van der Waals surface area contributed by atoms with E-state index in [0.717, 1.165) is 25.3 Å². The summed E-state index contributed by atoms with van der Waals surface area (Å²) in [6.45, 7) is 8.65. The molecule has 3 heteroatoms. The lowest BCUT2D eigenvalue weighted by atomic mass is 9.86. The zero-order valence-electron chi connectivity index (χ0n) is 15.8. The monoisotopic (exact) mass is 338 g/mol. The number of methoxy groups -OCH3 is 1. The zero-order chi connectivity index (χ0) is 18.0. The van der Waals surface area contributed by atoms with Crippen LogP contribution in [0.4, 0.5) is 5.69 Å². The van der Waals surface area contributed by atoms with Gasteiger partial charge in [0.05, 0.1) is 7.11 Å². The molecule has 0 amide bonds. The molecule has 0 aromatic heterocycles. The van der Waals surface area contributed by atoms with Gasteiger partial charge in [-0.05, 0) is 47.2 Å². The van der Waals surface area contributed by atoms with Gasteiger partial charge >= 0.3 is 0 Å². The Morgan fingerprint density at radius 3 is 2.40 bits per heavy atom. The molecule has 1 heterocycles. The molecule has 1 aliphatic heterocycles. The van der Waals surface area contributed by atoms with Crippen molar-refractivity contribution < 1.29 is 4.74 Å². The lowest BCUT2D eigenvalue weighted by molar-refractivity contribution is 0.411. The molecule has 0 radical (unpaired) electrons. The summed E-state index contributed by atoms with van der Waals surface area (Å²) in [5.74, 6) is 1.35. The van der Waals surface area contributed by atoms with Gasteiger partial charge in [-0.1, -0.05) is 45.0 Å². The van der Waals surface area contributed by atoms with Gasteiger partial charge in [0.15, 0.2) is 0 Å². The molecule has 3 nitrogen and oxygen atoms in total. The molecule has 3 rings (SSSR count). The van der Waals surface area contributed by atoms with Crippen LogP contribution in [-0.2, 0) is 5.41 Å². The number of piperidine rings is 1. The van der Waals surface area contributed by atoms with Crippen LogP contribution in [0, 0.1) is 0 Å². The number of benzene rings is 2. The van der Waals surface area contributed by atoms with Gasteiger partial charge in [-0.3, -0.25) is 0 Å². The van der Waals surface area contributed by atoms with E-state index in [-0.39, 0.29) is 11.5 Å². The Kier molecular flexibility index (Phi) is 5.05. The van der Waals surface area contributed by atoms with Gasteiger partial charge in [0.1, 0.15) is 5.75 Å². The van der Waals surface area contributed by atoms with Gasteiger partial charge in [0.2, 0.25) is 0 Å². The summed E-state index contributed by atoms with van der Waals surface area (Å²) in [5, 5.41) is 0. The highest BCUT2D eigenvalue weighted by molar-refractivity contribution is 5.50. The molecule has 25 heavy (non-hydrogen) atoms. The summed E-state index contributed by atoms with van der Waals surface area (Å²) in [5.41, 5.74) is 10.5. The van der Waals surface area contributed by atoms with Crippen LogP contribution >= 0.6 is 0 Å². The third kappa shape index (κ3) is 4.16. The Balaban J connectivity index is 1.80. The van der Waals surface area contributed by atoms with Crippen molar-refractivity contribution in [2.45, 2.75) is 44.6 Å².